The third-order valence-electron chi connectivity index (χ3n) is 3.38. The van der Waals surface area contributed by atoms with Crippen molar-refractivity contribution in [2.45, 2.75) is 64.9 Å². The molecular weight excluding hydrogens is 316 g/mol. The number of unbranched alkanes of at least 4 members (excludes halogenated alkanes) is 4. The van der Waals surface area contributed by atoms with Gasteiger partial charge in [-0.3, -0.25) is 0 Å². The Bertz CT molecular complexity index is 379. The second-order valence-corrected chi connectivity index (χ2v) is 6.11. The molecule has 1 aromatic rings. The molecule has 1 atom stereocenters. The molecule has 1 rings (SSSR count). The van der Waals surface area contributed by atoms with E-state index < -0.39 is 0 Å². The van der Waals surface area contributed by atoms with E-state index in [4.69, 9.17) is 4.74 Å². The highest BCUT2D eigenvalue weighted by Gasteiger charge is 2.10. The highest BCUT2D eigenvalue weighted by Crippen LogP contribution is 2.30. The molecule has 0 bridgehead atoms. The van der Waals surface area contributed by atoms with Crippen LogP contribution in [0.2, 0.25) is 0 Å². The molecule has 0 spiro atoms. The number of rotatable bonds is 10. The highest BCUT2D eigenvalue weighted by atomic mass is 79.9. The molecule has 0 aliphatic rings. The molecule has 0 amide bonds. The molecular formula is C17H27BrO2. The Hall–Kier alpha value is -0.540. The van der Waals surface area contributed by atoms with Crippen molar-refractivity contribution in [1.29, 1.82) is 0 Å². The highest BCUT2D eigenvalue weighted by molar-refractivity contribution is 9.10. The molecule has 3 heteroatoms. The Morgan fingerprint density at radius 1 is 1.10 bits per heavy atom. The van der Waals surface area contributed by atoms with Gasteiger partial charge >= 0.3 is 0 Å². The van der Waals surface area contributed by atoms with E-state index in [9.17, 15) is 5.11 Å². The van der Waals surface area contributed by atoms with E-state index in [-0.39, 0.29) is 6.10 Å². The maximum atomic E-state index is 10.2. The van der Waals surface area contributed by atoms with Crippen LogP contribution in [0.3, 0.4) is 0 Å². The predicted octanol–water partition coefficient (Wildman–Crippen LogP) is 5.63. The largest absolute Gasteiger partial charge is 0.492 e. The first kappa shape index (κ1) is 17.5. The standard InChI is InChI=1S/C17H27BrO2/c1-3-5-6-7-8-9-16(19)14-10-11-17(15(18)13-14)20-12-4-2/h10-11,13,16,19H,3-9,12H2,1-2H3. The van der Waals surface area contributed by atoms with E-state index >= 15 is 0 Å². The van der Waals surface area contributed by atoms with E-state index in [1.54, 1.807) is 0 Å². The van der Waals surface area contributed by atoms with Crippen LogP contribution in [-0.2, 0) is 0 Å². The summed E-state index contributed by atoms with van der Waals surface area (Å²) in [5, 5.41) is 10.2. The smallest absolute Gasteiger partial charge is 0.133 e. The van der Waals surface area contributed by atoms with Crippen molar-refractivity contribution < 1.29 is 9.84 Å². The van der Waals surface area contributed by atoms with Gasteiger partial charge < -0.3 is 9.84 Å². The Morgan fingerprint density at radius 3 is 2.50 bits per heavy atom. The summed E-state index contributed by atoms with van der Waals surface area (Å²) in [6.07, 6.45) is 7.60. The molecule has 2 nitrogen and oxygen atoms in total. The van der Waals surface area contributed by atoms with Crippen LogP contribution in [0, 0.1) is 0 Å². The van der Waals surface area contributed by atoms with Crippen LogP contribution in [0.5, 0.6) is 5.75 Å². The van der Waals surface area contributed by atoms with Crippen LogP contribution in [-0.4, -0.2) is 11.7 Å². The molecule has 0 aromatic heterocycles. The number of ether oxygens (including phenoxy) is 1. The lowest BCUT2D eigenvalue weighted by atomic mass is 10.0. The summed E-state index contributed by atoms with van der Waals surface area (Å²) in [6.45, 7) is 5.02. The monoisotopic (exact) mass is 342 g/mol. The van der Waals surface area contributed by atoms with E-state index in [1.807, 2.05) is 18.2 Å². The maximum Gasteiger partial charge on any atom is 0.133 e. The van der Waals surface area contributed by atoms with Crippen LogP contribution < -0.4 is 4.74 Å². The lowest BCUT2D eigenvalue weighted by Crippen LogP contribution is -2.00. The first-order valence-corrected chi connectivity index (χ1v) is 8.58. The van der Waals surface area contributed by atoms with Gasteiger partial charge in [-0.25, -0.2) is 0 Å². The van der Waals surface area contributed by atoms with E-state index in [0.29, 0.717) is 0 Å². The quantitative estimate of drug-likeness (QED) is 0.558. The van der Waals surface area contributed by atoms with Crippen molar-refractivity contribution in [3.8, 4) is 5.75 Å². The van der Waals surface area contributed by atoms with Gasteiger partial charge in [0.15, 0.2) is 0 Å². The van der Waals surface area contributed by atoms with Crippen molar-refractivity contribution >= 4 is 15.9 Å². The number of aliphatic hydroxyl groups excluding tert-OH is 1. The van der Waals surface area contributed by atoms with Crippen molar-refractivity contribution in [3.63, 3.8) is 0 Å². The molecule has 1 unspecified atom stereocenters. The SMILES string of the molecule is CCCCCCCC(O)c1ccc(OCCC)c(Br)c1. The molecule has 0 fully saturated rings. The molecule has 1 aromatic carbocycles. The van der Waals surface area contributed by atoms with Gasteiger partial charge in [0.25, 0.3) is 0 Å². The maximum absolute atomic E-state index is 10.2. The van der Waals surface area contributed by atoms with E-state index in [1.165, 1.54) is 25.7 Å². The Balaban J connectivity index is 2.43. The Morgan fingerprint density at radius 2 is 1.85 bits per heavy atom. The first-order chi connectivity index (χ1) is 9.69. The van der Waals surface area contributed by atoms with Gasteiger partial charge in [0, 0.05) is 0 Å². The van der Waals surface area contributed by atoms with Gasteiger partial charge in [-0.2, -0.15) is 0 Å². The zero-order valence-electron chi connectivity index (χ0n) is 12.7. The lowest BCUT2D eigenvalue weighted by Gasteiger charge is -2.13. The molecule has 0 radical (unpaired) electrons. The minimum absolute atomic E-state index is 0.367. The summed E-state index contributed by atoms with van der Waals surface area (Å²) in [4.78, 5) is 0. The Labute approximate surface area is 131 Å². The lowest BCUT2D eigenvalue weighted by molar-refractivity contribution is 0.163. The summed E-state index contributed by atoms with van der Waals surface area (Å²) in [7, 11) is 0. The number of aliphatic hydroxyl groups is 1. The van der Waals surface area contributed by atoms with Gasteiger partial charge in [0.05, 0.1) is 17.2 Å². The molecule has 0 saturated carbocycles. The Kier molecular flexibility index (Phi) is 8.95. The van der Waals surface area contributed by atoms with Crippen LogP contribution in [0.4, 0.5) is 0 Å². The number of hydrogen-bond donors (Lipinski definition) is 1. The molecule has 0 saturated heterocycles. The average Bonchev–Trinajstić information content (AvgIpc) is 2.45. The second kappa shape index (κ2) is 10.2. The van der Waals surface area contributed by atoms with Crippen LogP contribution in [0.15, 0.2) is 22.7 Å². The molecule has 0 aliphatic heterocycles. The molecule has 0 aliphatic carbocycles. The van der Waals surface area contributed by atoms with Gasteiger partial charge in [0.1, 0.15) is 5.75 Å². The zero-order chi connectivity index (χ0) is 14.8. The summed E-state index contributed by atoms with van der Waals surface area (Å²) < 4.78 is 6.54. The first-order valence-electron chi connectivity index (χ1n) is 7.79. The van der Waals surface area contributed by atoms with Crippen LogP contribution in [0.1, 0.15) is 70.5 Å². The second-order valence-electron chi connectivity index (χ2n) is 5.26. The zero-order valence-corrected chi connectivity index (χ0v) is 14.3. The molecule has 20 heavy (non-hydrogen) atoms. The number of benzene rings is 1. The topological polar surface area (TPSA) is 29.5 Å². The summed E-state index contributed by atoms with van der Waals surface area (Å²) in [6, 6.07) is 5.88. The minimum Gasteiger partial charge on any atom is -0.492 e. The van der Waals surface area contributed by atoms with Gasteiger partial charge in [-0.1, -0.05) is 52.0 Å². The van der Waals surface area contributed by atoms with Gasteiger partial charge in [0.2, 0.25) is 0 Å². The minimum atomic E-state index is -0.367. The van der Waals surface area contributed by atoms with Crippen molar-refractivity contribution in [2.24, 2.45) is 0 Å². The fraction of sp³-hybridized carbons (Fsp3) is 0.647. The average molecular weight is 343 g/mol. The molecule has 0 heterocycles. The third-order valence-corrected chi connectivity index (χ3v) is 4.00. The summed E-state index contributed by atoms with van der Waals surface area (Å²) in [5.41, 5.74) is 0.969. The summed E-state index contributed by atoms with van der Waals surface area (Å²) >= 11 is 3.51. The van der Waals surface area contributed by atoms with Crippen LogP contribution in [0.25, 0.3) is 0 Å². The van der Waals surface area contributed by atoms with Crippen LogP contribution >= 0.6 is 15.9 Å². The van der Waals surface area contributed by atoms with Gasteiger partial charge in [-0.05, 0) is 46.5 Å². The molecule has 1 N–H and O–H groups in total. The summed E-state index contributed by atoms with van der Waals surface area (Å²) in [5.74, 6) is 0.853. The van der Waals surface area contributed by atoms with E-state index in [0.717, 1.165) is 41.7 Å². The molecule has 114 valence electrons. The van der Waals surface area contributed by atoms with E-state index in [2.05, 4.69) is 29.8 Å². The number of hydrogen-bond acceptors (Lipinski definition) is 2. The fourth-order valence-corrected chi connectivity index (χ4v) is 2.67. The van der Waals surface area contributed by atoms with Crippen molar-refractivity contribution in [1.82, 2.24) is 0 Å². The number of halogens is 1. The van der Waals surface area contributed by atoms with Crippen molar-refractivity contribution in [2.75, 3.05) is 6.61 Å². The normalized spacial score (nSPS) is 12.4. The third kappa shape index (κ3) is 6.27. The predicted molar refractivity (Wildman–Crippen MR) is 88.3 cm³/mol. The van der Waals surface area contributed by atoms with Gasteiger partial charge in [-0.15, -0.1) is 0 Å². The van der Waals surface area contributed by atoms with Crippen molar-refractivity contribution in [3.05, 3.63) is 28.2 Å². The fourth-order valence-electron chi connectivity index (χ4n) is 2.16.